The van der Waals surface area contributed by atoms with E-state index in [0.29, 0.717) is 12.5 Å². The van der Waals surface area contributed by atoms with E-state index >= 15 is 0 Å². The molecule has 1 saturated carbocycles. The van der Waals surface area contributed by atoms with Gasteiger partial charge in [0.15, 0.2) is 5.82 Å². The van der Waals surface area contributed by atoms with Crippen LogP contribution in [0.15, 0.2) is 18.5 Å². The molecule has 7 nitrogen and oxygen atoms in total. The molecule has 3 heterocycles. The van der Waals surface area contributed by atoms with E-state index in [4.69, 9.17) is 14.7 Å². The summed E-state index contributed by atoms with van der Waals surface area (Å²) in [5.41, 5.74) is 1.17. The van der Waals surface area contributed by atoms with E-state index in [-0.39, 0.29) is 11.4 Å². The lowest BCUT2D eigenvalue weighted by atomic mass is 9.95. The molecule has 162 valence electrons. The summed E-state index contributed by atoms with van der Waals surface area (Å²) >= 11 is 0. The first kappa shape index (κ1) is 20.9. The highest BCUT2D eigenvalue weighted by Gasteiger charge is 2.29. The van der Waals surface area contributed by atoms with Gasteiger partial charge >= 0.3 is 6.01 Å². The fourth-order valence-electron chi connectivity index (χ4n) is 3.57. The Kier molecular flexibility index (Phi) is 6.13. The van der Waals surface area contributed by atoms with Crippen LogP contribution in [0.5, 0.6) is 6.01 Å². The molecule has 0 aromatic carbocycles. The number of hydrogen-bond acceptors (Lipinski definition) is 7. The molecular formula is C22H31FN6O. The minimum Gasteiger partial charge on any atom is -0.463 e. The van der Waals surface area contributed by atoms with Crippen molar-refractivity contribution in [1.29, 1.82) is 0 Å². The molecule has 2 aromatic heterocycles. The van der Waals surface area contributed by atoms with Gasteiger partial charge in [-0.05, 0) is 19.3 Å². The third-order valence-electron chi connectivity index (χ3n) is 5.54. The maximum atomic E-state index is 12.8. The highest BCUT2D eigenvalue weighted by molar-refractivity contribution is 5.42. The molecule has 2 aromatic rings. The summed E-state index contributed by atoms with van der Waals surface area (Å²) in [4.78, 5) is 22.2. The number of aromatic nitrogens is 4. The van der Waals surface area contributed by atoms with Crippen molar-refractivity contribution in [2.24, 2.45) is 0 Å². The zero-order valence-electron chi connectivity index (χ0n) is 18.1. The molecule has 0 spiro atoms. The minimum absolute atomic E-state index is 0.0459. The first-order valence-corrected chi connectivity index (χ1v) is 10.9. The lowest BCUT2D eigenvalue weighted by molar-refractivity contribution is 0.217. The molecule has 1 saturated heterocycles. The molecule has 0 amide bonds. The van der Waals surface area contributed by atoms with Crippen LogP contribution in [0.25, 0.3) is 0 Å². The summed E-state index contributed by atoms with van der Waals surface area (Å²) in [5.74, 6) is 2.19. The molecule has 8 heteroatoms. The van der Waals surface area contributed by atoms with Crippen LogP contribution in [0.3, 0.4) is 0 Å². The van der Waals surface area contributed by atoms with Gasteiger partial charge in [0, 0.05) is 55.8 Å². The largest absolute Gasteiger partial charge is 0.463 e. The van der Waals surface area contributed by atoms with E-state index in [0.717, 1.165) is 63.2 Å². The molecule has 1 aliphatic heterocycles. The second-order valence-corrected chi connectivity index (χ2v) is 9.21. The maximum Gasteiger partial charge on any atom is 0.316 e. The number of hydrogen-bond donors (Lipinski definition) is 0. The number of piperazine rings is 1. The first-order valence-electron chi connectivity index (χ1n) is 10.9. The van der Waals surface area contributed by atoms with Gasteiger partial charge in [0.25, 0.3) is 0 Å². The fourth-order valence-corrected chi connectivity index (χ4v) is 3.57. The smallest absolute Gasteiger partial charge is 0.316 e. The van der Waals surface area contributed by atoms with Crippen LogP contribution < -0.4 is 9.64 Å². The van der Waals surface area contributed by atoms with E-state index in [1.807, 2.05) is 0 Å². The third kappa shape index (κ3) is 5.41. The van der Waals surface area contributed by atoms with Crippen molar-refractivity contribution in [2.75, 3.05) is 44.2 Å². The van der Waals surface area contributed by atoms with E-state index in [2.05, 4.69) is 46.6 Å². The molecule has 0 N–H and O–H groups in total. The lowest BCUT2D eigenvalue weighted by Gasteiger charge is -2.36. The normalized spacial score (nSPS) is 17.9. The number of nitrogens with zero attached hydrogens (tertiary/aromatic N) is 6. The summed E-state index contributed by atoms with van der Waals surface area (Å²) in [6.07, 6.45) is 5.62. The van der Waals surface area contributed by atoms with Crippen molar-refractivity contribution >= 4 is 5.82 Å². The highest BCUT2D eigenvalue weighted by Crippen LogP contribution is 2.40. The standard InChI is InChI=1S/C22H31FN6O/c1-22(2,3)20-26-18(16-5-6-16)13-19(27-20)29-10-8-28(9-11-29)7-4-12-30-21-24-14-17(23)15-25-21/h13-16H,4-12H2,1-3H3. The van der Waals surface area contributed by atoms with Crippen molar-refractivity contribution in [3.8, 4) is 6.01 Å². The van der Waals surface area contributed by atoms with Gasteiger partial charge in [0.05, 0.1) is 19.0 Å². The number of rotatable bonds is 7. The molecule has 1 aliphatic carbocycles. The summed E-state index contributed by atoms with van der Waals surface area (Å²) in [6.45, 7) is 12.0. The van der Waals surface area contributed by atoms with Crippen molar-refractivity contribution in [3.05, 3.63) is 35.8 Å². The van der Waals surface area contributed by atoms with Gasteiger partial charge in [-0.15, -0.1) is 0 Å². The average Bonchev–Trinajstić information content (AvgIpc) is 3.57. The van der Waals surface area contributed by atoms with Crippen molar-refractivity contribution in [1.82, 2.24) is 24.8 Å². The van der Waals surface area contributed by atoms with Gasteiger partial charge in [0.2, 0.25) is 0 Å². The molecule has 0 bridgehead atoms. The van der Waals surface area contributed by atoms with Gasteiger partial charge < -0.3 is 9.64 Å². The third-order valence-corrected chi connectivity index (χ3v) is 5.54. The zero-order valence-corrected chi connectivity index (χ0v) is 18.1. The van der Waals surface area contributed by atoms with Gasteiger partial charge in [-0.3, -0.25) is 4.90 Å². The zero-order chi connectivity index (χ0) is 21.1. The number of ether oxygens (including phenoxy) is 1. The predicted octanol–water partition coefficient (Wildman–Crippen LogP) is 3.17. The van der Waals surface area contributed by atoms with Gasteiger partial charge in [-0.25, -0.2) is 24.3 Å². The number of anilines is 1. The van der Waals surface area contributed by atoms with E-state index in [9.17, 15) is 4.39 Å². The Labute approximate surface area is 177 Å². The van der Waals surface area contributed by atoms with Crippen LogP contribution in [0.1, 0.15) is 57.5 Å². The molecule has 0 unspecified atom stereocenters. The van der Waals surface area contributed by atoms with E-state index in [1.165, 1.54) is 18.5 Å². The lowest BCUT2D eigenvalue weighted by Crippen LogP contribution is -2.47. The second kappa shape index (κ2) is 8.79. The Morgan fingerprint density at radius 3 is 2.40 bits per heavy atom. The topological polar surface area (TPSA) is 67.3 Å². The maximum absolute atomic E-state index is 12.8. The average molecular weight is 415 g/mol. The molecular weight excluding hydrogens is 383 g/mol. The van der Waals surface area contributed by atoms with Gasteiger partial charge in [-0.1, -0.05) is 20.8 Å². The van der Waals surface area contributed by atoms with Crippen molar-refractivity contribution in [3.63, 3.8) is 0 Å². The molecule has 2 aliphatic rings. The van der Waals surface area contributed by atoms with E-state index in [1.54, 1.807) is 0 Å². The summed E-state index contributed by atoms with van der Waals surface area (Å²) < 4.78 is 18.3. The molecule has 0 atom stereocenters. The van der Waals surface area contributed by atoms with Gasteiger partial charge in [0.1, 0.15) is 11.6 Å². The first-order chi connectivity index (χ1) is 14.4. The summed E-state index contributed by atoms with van der Waals surface area (Å²) in [6, 6.07) is 2.44. The molecule has 30 heavy (non-hydrogen) atoms. The highest BCUT2D eigenvalue weighted by atomic mass is 19.1. The quantitative estimate of drug-likeness (QED) is 0.645. The van der Waals surface area contributed by atoms with E-state index < -0.39 is 5.82 Å². The minimum atomic E-state index is -0.456. The summed E-state index contributed by atoms with van der Waals surface area (Å²) in [5, 5.41) is 0. The van der Waals surface area contributed by atoms with Crippen LogP contribution in [-0.4, -0.2) is 64.2 Å². The fraction of sp³-hybridized carbons (Fsp3) is 0.636. The summed E-state index contributed by atoms with van der Waals surface area (Å²) in [7, 11) is 0. The van der Waals surface area contributed by atoms with Crippen LogP contribution >= 0.6 is 0 Å². The Morgan fingerprint density at radius 1 is 1.07 bits per heavy atom. The molecule has 2 fully saturated rings. The monoisotopic (exact) mass is 414 g/mol. The van der Waals surface area contributed by atoms with Crippen LogP contribution in [0, 0.1) is 5.82 Å². The van der Waals surface area contributed by atoms with Gasteiger partial charge in [-0.2, -0.15) is 0 Å². The van der Waals surface area contributed by atoms with Crippen LogP contribution in [0.4, 0.5) is 10.2 Å². The van der Waals surface area contributed by atoms with Crippen molar-refractivity contribution < 1.29 is 9.13 Å². The SMILES string of the molecule is CC(C)(C)c1nc(C2CC2)cc(N2CCN(CCCOc3ncc(F)cn3)CC2)n1. The Bertz CT molecular complexity index is 842. The Morgan fingerprint density at radius 2 is 1.77 bits per heavy atom. The Balaban J connectivity index is 1.27. The molecule has 4 rings (SSSR count). The van der Waals surface area contributed by atoms with Crippen LogP contribution in [-0.2, 0) is 5.41 Å². The number of halogens is 1. The van der Waals surface area contributed by atoms with Crippen molar-refractivity contribution in [2.45, 2.75) is 51.4 Å². The molecule has 0 radical (unpaired) electrons. The predicted molar refractivity (Wildman–Crippen MR) is 113 cm³/mol. The Hall–Kier alpha value is -2.35. The van der Waals surface area contributed by atoms with Crippen LogP contribution in [0.2, 0.25) is 0 Å². The second-order valence-electron chi connectivity index (χ2n) is 9.21.